The van der Waals surface area contributed by atoms with Crippen LogP contribution in [0.5, 0.6) is 11.5 Å². The Morgan fingerprint density at radius 1 is 1.14 bits per heavy atom. The SMILES string of the molecule is CCC1CC(=O)N(Cc2cccc(NC(=O)c3sc(C)nc3C)c2)N=C1c1ccc(OC)c(OC)c1. The molecule has 0 aliphatic carbocycles. The normalized spacial score (nSPS) is 15.5. The van der Waals surface area contributed by atoms with Gasteiger partial charge >= 0.3 is 0 Å². The predicted octanol–water partition coefficient (Wildman–Crippen LogP) is 5.19. The summed E-state index contributed by atoms with van der Waals surface area (Å²) in [6, 6.07) is 13.2. The fraction of sp³-hybridized carbons (Fsp3) is 0.333. The van der Waals surface area contributed by atoms with Crippen molar-refractivity contribution in [2.24, 2.45) is 11.0 Å². The molecule has 1 unspecified atom stereocenters. The van der Waals surface area contributed by atoms with Gasteiger partial charge in [-0.2, -0.15) is 5.10 Å². The molecule has 9 heteroatoms. The average Bonchev–Trinajstić information content (AvgIpc) is 3.22. The number of aromatic nitrogens is 1. The zero-order valence-corrected chi connectivity index (χ0v) is 21.9. The molecule has 0 saturated carbocycles. The van der Waals surface area contributed by atoms with Gasteiger partial charge in [0.05, 0.1) is 37.2 Å². The maximum Gasteiger partial charge on any atom is 0.267 e. The van der Waals surface area contributed by atoms with Crippen LogP contribution in [0, 0.1) is 19.8 Å². The highest BCUT2D eigenvalue weighted by molar-refractivity contribution is 7.13. The van der Waals surface area contributed by atoms with E-state index in [1.807, 2.05) is 56.3 Å². The summed E-state index contributed by atoms with van der Waals surface area (Å²) >= 11 is 1.37. The van der Waals surface area contributed by atoms with Crippen LogP contribution in [0.1, 0.15) is 51.3 Å². The molecule has 0 radical (unpaired) electrons. The Kier molecular flexibility index (Phi) is 7.69. The van der Waals surface area contributed by atoms with Crippen LogP contribution in [0.25, 0.3) is 0 Å². The minimum atomic E-state index is -0.191. The van der Waals surface area contributed by atoms with E-state index in [1.54, 1.807) is 14.2 Å². The zero-order valence-electron chi connectivity index (χ0n) is 21.1. The summed E-state index contributed by atoms with van der Waals surface area (Å²) in [6.45, 7) is 6.07. The van der Waals surface area contributed by atoms with Gasteiger partial charge in [-0.05, 0) is 56.2 Å². The van der Waals surface area contributed by atoms with Gasteiger partial charge in [0.1, 0.15) is 4.88 Å². The van der Waals surface area contributed by atoms with Gasteiger partial charge < -0.3 is 14.8 Å². The molecule has 0 fully saturated rings. The van der Waals surface area contributed by atoms with Crippen LogP contribution >= 0.6 is 11.3 Å². The molecular weight excluding hydrogens is 476 g/mol. The molecule has 2 amide bonds. The van der Waals surface area contributed by atoms with Crippen molar-refractivity contribution < 1.29 is 19.1 Å². The highest BCUT2D eigenvalue weighted by Crippen LogP contribution is 2.32. The quantitative estimate of drug-likeness (QED) is 0.454. The number of hydrazone groups is 1. The van der Waals surface area contributed by atoms with Crippen molar-refractivity contribution in [2.45, 2.75) is 40.2 Å². The van der Waals surface area contributed by atoms with E-state index in [1.165, 1.54) is 16.3 Å². The Morgan fingerprint density at radius 2 is 1.92 bits per heavy atom. The zero-order chi connectivity index (χ0) is 25.8. The summed E-state index contributed by atoms with van der Waals surface area (Å²) in [7, 11) is 3.20. The van der Waals surface area contributed by atoms with Crippen molar-refractivity contribution in [3.8, 4) is 11.5 Å². The number of aryl methyl sites for hydroxylation is 2. The van der Waals surface area contributed by atoms with Crippen LogP contribution in [0.4, 0.5) is 5.69 Å². The van der Waals surface area contributed by atoms with E-state index in [2.05, 4.69) is 17.2 Å². The third-order valence-corrected chi connectivity index (χ3v) is 7.19. The van der Waals surface area contributed by atoms with Gasteiger partial charge in [0.25, 0.3) is 5.91 Å². The summed E-state index contributed by atoms with van der Waals surface area (Å²) in [5, 5.41) is 10.1. The minimum absolute atomic E-state index is 0.0172. The number of nitrogens with one attached hydrogen (secondary N) is 1. The van der Waals surface area contributed by atoms with Gasteiger partial charge in [-0.3, -0.25) is 9.59 Å². The van der Waals surface area contributed by atoms with E-state index in [9.17, 15) is 9.59 Å². The molecule has 3 aromatic rings. The van der Waals surface area contributed by atoms with Crippen molar-refractivity contribution >= 4 is 34.6 Å². The number of rotatable bonds is 8. The van der Waals surface area contributed by atoms with Crippen molar-refractivity contribution in [2.75, 3.05) is 19.5 Å². The van der Waals surface area contributed by atoms with Crippen molar-refractivity contribution in [1.82, 2.24) is 9.99 Å². The molecular formula is C27H30N4O4S. The number of hydrogen-bond donors (Lipinski definition) is 1. The van der Waals surface area contributed by atoms with E-state index in [0.29, 0.717) is 40.7 Å². The maximum atomic E-state index is 13.0. The molecule has 1 aliphatic heterocycles. The predicted molar refractivity (Wildman–Crippen MR) is 141 cm³/mol. The molecule has 188 valence electrons. The van der Waals surface area contributed by atoms with Crippen LogP contribution in [-0.4, -0.2) is 41.7 Å². The summed E-state index contributed by atoms with van der Waals surface area (Å²) in [5.41, 5.74) is 3.98. The Bertz CT molecular complexity index is 1320. The molecule has 2 aromatic carbocycles. The van der Waals surface area contributed by atoms with Crippen LogP contribution in [0.3, 0.4) is 0 Å². The first-order valence-electron chi connectivity index (χ1n) is 11.8. The molecule has 0 saturated heterocycles. The lowest BCUT2D eigenvalue weighted by Gasteiger charge is -2.29. The molecule has 0 bridgehead atoms. The third kappa shape index (κ3) is 5.41. The Labute approximate surface area is 215 Å². The number of methoxy groups -OCH3 is 2. The van der Waals surface area contributed by atoms with E-state index in [0.717, 1.165) is 28.3 Å². The van der Waals surface area contributed by atoms with Gasteiger partial charge in [-0.15, -0.1) is 11.3 Å². The van der Waals surface area contributed by atoms with E-state index in [4.69, 9.17) is 14.6 Å². The second kappa shape index (κ2) is 10.9. The van der Waals surface area contributed by atoms with Crippen LogP contribution in [0.2, 0.25) is 0 Å². The summed E-state index contributed by atoms with van der Waals surface area (Å²) in [6.07, 6.45) is 1.18. The number of hydrogen-bond acceptors (Lipinski definition) is 7. The monoisotopic (exact) mass is 506 g/mol. The number of carbonyl (C=O) groups excluding carboxylic acids is 2. The number of carbonyl (C=O) groups is 2. The molecule has 0 spiro atoms. The lowest BCUT2D eigenvalue weighted by molar-refractivity contribution is -0.133. The number of thiazole rings is 1. The molecule has 1 atom stereocenters. The fourth-order valence-corrected chi connectivity index (χ4v) is 5.10. The first-order chi connectivity index (χ1) is 17.3. The molecule has 2 heterocycles. The molecule has 1 N–H and O–H groups in total. The summed E-state index contributed by atoms with van der Waals surface area (Å²) in [4.78, 5) is 30.6. The Morgan fingerprint density at radius 3 is 2.58 bits per heavy atom. The van der Waals surface area contributed by atoms with Gasteiger partial charge in [0.2, 0.25) is 5.91 Å². The third-order valence-electron chi connectivity index (χ3n) is 6.12. The van der Waals surface area contributed by atoms with Crippen LogP contribution in [0.15, 0.2) is 47.6 Å². The van der Waals surface area contributed by atoms with E-state index >= 15 is 0 Å². The molecule has 4 rings (SSSR count). The van der Waals surface area contributed by atoms with Gasteiger partial charge in [0.15, 0.2) is 11.5 Å². The van der Waals surface area contributed by atoms with Gasteiger partial charge in [-0.25, -0.2) is 9.99 Å². The minimum Gasteiger partial charge on any atom is -0.493 e. The number of anilines is 1. The number of nitrogens with zero attached hydrogens (tertiary/aromatic N) is 3. The first kappa shape index (κ1) is 25.4. The Hall–Kier alpha value is -3.72. The first-order valence-corrected chi connectivity index (χ1v) is 12.6. The average molecular weight is 507 g/mol. The van der Waals surface area contributed by atoms with Crippen molar-refractivity contribution in [3.63, 3.8) is 0 Å². The number of ether oxygens (including phenoxy) is 2. The summed E-state index contributed by atoms with van der Waals surface area (Å²) in [5.74, 6) is 1.05. The molecule has 36 heavy (non-hydrogen) atoms. The molecule has 1 aromatic heterocycles. The highest BCUT2D eigenvalue weighted by atomic mass is 32.1. The van der Waals surface area contributed by atoms with Crippen molar-refractivity contribution in [1.29, 1.82) is 0 Å². The van der Waals surface area contributed by atoms with Crippen LogP contribution in [-0.2, 0) is 11.3 Å². The van der Waals surface area contributed by atoms with Crippen molar-refractivity contribution in [3.05, 3.63) is 69.2 Å². The smallest absolute Gasteiger partial charge is 0.267 e. The highest BCUT2D eigenvalue weighted by Gasteiger charge is 2.30. The lowest BCUT2D eigenvalue weighted by atomic mass is 9.89. The topological polar surface area (TPSA) is 93.1 Å². The maximum absolute atomic E-state index is 13.0. The summed E-state index contributed by atoms with van der Waals surface area (Å²) < 4.78 is 10.8. The fourth-order valence-electron chi connectivity index (χ4n) is 4.28. The van der Waals surface area contributed by atoms with E-state index < -0.39 is 0 Å². The van der Waals surface area contributed by atoms with Gasteiger partial charge in [0, 0.05) is 23.6 Å². The standard InChI is InChI=1S/C27H30N4O4S/c1-6-19-14-24(32)31(30-25(19)20-10-11-22(34-4)23(13-20)35-5)15-18-8-7-9-21(12-18)29-27(33)26-16(2)28-17(3)36-26/h7-13,19H,6,14-15H2,1-5H3,(H,29,33). The second-order valence-corrected chi connectivity index (χ2v) is 9.82. The number of benzene rings is 2. The largest absolute Gasteiger partial charge is 0.493 e. The number of amides is 2. The lowest BCUT2D eigenvalue weighted by Crippen LogP contribution is -2.36. The molecule has 8 nitrogen and oxygen atoms in total. The Balaban J connectivity index is 1.57. The van der Waals surface area contributed by atoms with E-state index in [-0.39, 0.29) is 17.7 Å². The molecule has 1 aliphatic rings. The van der Waals surface area contributed by atoms with Gasteiger partial charge in [-0.1, -0.05) is 19.1 Å². The second-order valence-electron chi connectivity index (χ2n) is 8.62. The van der Waals surface area contributed by atoms with Crippen LogP contribution < -0.4 is 14.8 Å².